The molecule has 0 spiro atoms. The molecule has 0 aliphatic heterocycles. The van der Waals surface area contributed by atoms with Gasteiger partial charge in [-0.3, -0.25) is 0 Å². The van der Waals surface area contributed by atoms with Crippen molar-refractivity contribution in [2.45, 2.75) is 31.7 Å². The number of nitrogens with two attached hydrogens (primary N) is 1. The second kappa shape index (κ2) is 2.77. The topological polar surface area (TPSA) is 52.0 Å². The lowest BCUT2D eigenvalue weighted by Gasteiger charge is -2.18. The number of hydrogen-bond acceptors (Lipinski definition) is 3. The molecule has 3 nitrogen and oxygen atoms in total. The maximum absolute atomic E-state index is 12.9. The summed E-state index contributed by atoms with van der Waals surface area (Å²) in [7, 11) is 0. The summed E-state index contributed by atoms with van der Waals surface area (Å²) in [6.45, 7) is 0.165. The third-order valence-electron chi connectivity index (χ3n) is 2.14. The molecule has 72 valence electrons. The first-order valence-corrected chi connectivity index (χ1v) is 4.16. The second-order valence-corrected chi connectivity index (χ2v) is 3.21. The van der Waals surface area contributed by atoms with Crippen LogP contribution in [-0.4, -0.2) is 10.9 Å². The van der Waals surface area contributed by atoms with Gasteiger partial charge in [0.05, 0.1) is 18.7 Å². The summed E-state index contributed by atoms with van der Waals surface area (Å²) in [5.41, 5.74) is 5.66. The van der Waals surface area contributed by atoms with Gasteiger partial charge < -0.3 is 10.2 Å². The van der Waals surface area contributed by atoms with Crippen molar-refractivity contribution in [2.75, 3.05) is 0 Å². The number of hydrogen-bond donors (Lipinski definition) is 1. The molecular weight excluding hydrogens is 178 g/mol. The molecule has 2 N–H and O–H groups in total. The van der Waals surface area contributed by atoms with Gasteiger partial charge in [0.15, 0.2) is 0 Å². The molecule has 1 heterocycles. The van der Waals surface area contributed by atoms with E-state index in [0.29, 0.717) is 17.3 Å². The maximum Gasteiger partial charge on any atom is 0.254 e. The number of oxazole rings is 1. The summed E-state index contributed by atoms with van der Waals surface area (Å²) in [6.07, 6.45) is -0.208. The fourth-order valence-corrected chi connectivity index (χ4v) is 1.49. The van der Waals surface area contributed by atoms with Gasteiger partial charge >= 0.3 is 0 Å². The largest absolute Gasteiger partial charge is 0.444 e. The minimum Gasteiger partial charge on any atom is -0.444 e. The van der Waals surface area contributed by atoms with E-state index < -0.39 is 5.92 Å². The lowest BCUT2D eigenvalue weighted by molar-refractivity contribution is -0.0152. The van der Waals surface area contributed by atoms with E-state index in [1.54, 1.807) is 0 Å². The van der Waals surface area contributed by atoms with E-state index in [4.69, 9.17) is 10.2 Å². The van der Waals surface area contributed by atoms with Crippen molar-refractivity contribution < 1.29 is 13.2 Å². The van der Waals surface area contributed by atoms with Crippen LogP contribution in [0.25, 0.3) is 0 Å². The third kappa shape index (κ3) is 1.56. The number of aryl methyl sites for hydroxylation is 1. The van der Waals surface area contributed by atoms with E-state index >= 15 is 0 Å². The normalized spacial score (nSPS) is 19.9. The highest BCUT2D eigenvalue weighted by Gasteiger charge is 2.36. The Morgan fingerprint density at radius 2 is 2.31 bits per heavy atom. The first kappa shape index (κ1) is 8.62. The van der Waals surface area contributed by atoms with E-state index in [2.05, 4.69) is 4.98 Å². The SMILES string of the molecule is NCc1nc2c(o1)CCC(F)(F)C2. The van der Waals surface area contributed by atoms with Crippen LogP contribution in [-0.2, 0) is 19.4 Å². The van der Waals surface area contributed by atoms with Crippen molar-refractivity contribution in [3.63, 3.8) is 0 Å². The van der Waals surface area contributed by atoms with Crippen LogP contribution in [0.15, 0.2) is 4.42 Å². The molecule has 0 saturated heterocycles. The van der Waals surface area contributed by atoms with Crippen LogP contribution < -0.4 is 5.73 Å². The van der Waals surface area contributed by atoms with Gasteiger partial charge in [0.2, 0.25) is 5.89 Å². The first-order chi connectivity index (χ1) is 6.11. The molecule has 2 rings (SSSR count). The Bertz CT molecular complexity index is 322. The average molecular weight is 188 g/mol. The molecule has 0 saturated carbocycles. The number of aromatic nitrogens is 1. The predicted octanol–water partition coefficient (Wildman–Crippen LogP) is 1.26. The van der Waals surface area contributed by atoms with Gasteiger partial charge in [-0.25, -0.2) is 13.8 Å². The van der Waals surface area contributed by atoms with Gasteiger partial charge in [-0.1, -0.05) is 0 Å². The summed E-state index contributed by atoms with van der Waals surface area (Å²) in [5, 5.41) is 0. The molecule has 13 heavy (non-hydrogen) atoms. The summed E-state index contributed by atoms with van der Waals surface area (Å²) < 4.78 is 30.9. The minimum absolute atomic E-state index is 0.154. The van der Waals surface area contributed by atoms with Gasteiger partial charge in [0, 0.05) is 12.8 Å². The van der Waals surface area contributed by atoms with E-state index in [-0.39, 0.29) is 25.8 Å². The molecule has 0 bridgehead atoms. The molecule has 0 unspecified atom stereocenters. The lowest BCUT2D eigenvalue weighted by Crippen LogP contribution is -2.25. The molecule has 0 amide bonds. The molecule has 1 aliphatic carbocycles. The lowest BCUT2D eigenvalue weighted by atomic mass is 9.98. The van der Waals surface area contributed by atoms with Gasteiger partial charge in [-0.05, 0) is 0 Å². The Morgan fingerprint density at radius 1 is 1.54 bits per heavy atom. The first-order valence-electron chi connectivity index (χ1n) is 4.16. The monoisotopic (exact) mass is 188 g/mol. The number of halogens is 2. The molecule has 1 aromatic rings. The van der Waals surface area contributed by atoms with Crippen LogP contribution in [0.3, 0.4) is 0 Å². The molecule has 0 fully saturated rings. The predicted molar refractivity (Wildman–Crippen MR) is 41.4 cm³/mol. The Balaban J connectivity index is 2.30. The van der Waals surface area contributed by atoms with Crippen molar-refractivity contribution in [3.8, 4) is 0 Å². The van der Waals surface area contributed by atoms with E-state index in [0.717, 1.165) is 0 Å². The molecular formula is C8H10F2N2O. The number of rotatable bonds is 1. The zero-order valence-corrected chi connectivity index (χ0v) is 7.02. The summed E-state index contributed by atoms with van der Waals surface area (Å²) >= 11 is 0. The van der Waals surface area contributed by atoms with Crippen LogP contribution in [0.1, 0.15) is 23.8 Å². The molecule has 0 radical (unpaired) electrons. The molecule has 1 aromatic heterocycles. The average Bonchev–Trinajstić information content (AvgIpc) is 2.44. The van der Waals surface area contributed by atoms with Crippen LogP contribution >= 0.6 is 0 Å². The molecule has 5 heteroatoms. The zero-order valence-electron chi connectivity index (χ0n) is 7.02. The van der Waals surface area contributed by atoms with E-state index in [9.17, 15) is 8.78 Å². The highest BCUT2D eigenvalue weighted by molar-refractivity contribution is 5.16. The fraction of sp³-hybridized carbons (Fsp3) is 0.625. The minimum atomic E-state index is -2.63. The zero-order chi connectivity index (χ0) is 9.47. The highest BCUT2D eigenvalue weighted by Crippen LogP contribution is 2.32. The third-order valence-corrected chi connectivity index (χ3v) is 2.14. The van der Waals surface area contributed by atoms with Crippen LogP contribution in [0.5, 0.6) is 0 Å². The Morgan fingerprint density at radius 3 is 3.00 bits per heavy atom. The van der Waals surface area contributed by atoms with Crippen molar-refractivity contribution in [1.82, 2.24) is 4.98 Å². The van der Waals surface area contributed by atoms with Crippen molar-refractivity contribution in [2.24, 2.45) is 5.73 Å². The van der Waals surface area contributed by atoms with Crippen LogP contribution in [0.2, 0.25) is 0 Å². The van der Waals surface area contributed by atoms with Gasteiger partial charge in [-0.2, -0.15) is 0 Å². The Kier molecular flexibility index (Phi) is 1.83. The standard InChI is InChI=1S/C8H10F2N2O/c9-8(10)2-1-6-5(3-8)12-7(4-11)13-6/h1-4,11H2. The highest BCUT2D eigenvalue weighted by atomic mass is 19.3. The van der Waals surface area contributed by atoms with E-state index in [1.807, 2.05) is 0 Å². The van der Waals surface area contributed by atoms with Gasteiger partial charge in [0.1, 0.15) is 5.76 Å². The number of fused-ring (bicyclic) bond motifs is 1. The maximum atomic E-state index is 12.9. The molecule has 0 aromatic carbocycles. The number of nitrogens with zero attached hydrogens (tertiary/aromatic N) is 1. The van der Waals surface area contributed by atoms with Crippen LogP contribution in [0, 0.1) is 0 Å². The fourth-order valence-electron chi connectivity index (χ4n) is 1.49. The number of alkyl halides is 2. The van der Waals surface area contributed by atoms with Crippen molar-refractivity contribution >= 4 is 0 Å². The summed E-state index contributed by atoms with van der Waals surface area (Å²) in [5.74, 6) is -1.70. The summed E-state index contributed by atoms with van der Waals surface area (Å²) in [4.78, 5) is 3.89. The Labute approximate surface area is 73.9 Å². The van der Waals surface area contributed by atoms with Crippen molar-refractivity contribution in [3.05, 3.63) is 17.3 Å². The molecule has 0 atom stereocenters. The van der Waals surface area contributed by atoms with E-state index in [1.165, 1.54) is 0 Å². The second-order valence-electron chi connectivity index (χ2n) is 3.21. The Hall–Kier alpha value is -0.970. The van der Waals surface area contributed by atoms with Gasteiger partial charge in [-0.15, -0.1) is 0 Å². The summed E-state index contributed by atoms with van der Waals surface area (Å²) in [6, 6.07) is 0. The van der Waals surface area contributed by atoms with Gasteiger partial charge in [0.25, 0.3) is 5.92 Å². The van der Waals surface area contributed by atoms with Crippen molar-refractivity contribution in [1.29, 1.82) is 0 Å². The smallest absolute Gasteiger partial charge is 0.254 e. The quantitative estimate of drug-likeness (QED) is 0.721. The van der Waals surface area contributed by atoms with Crippen LogP contribution in [0.4, 0.5) is 8.78 Å². The molecule has 1 aliphatic rings.